The predicted octanol–water partition coefficient (Wildman–Crippen LogP) is 5.36. The summed E-state index contributed by atoms with van der Waals surface area (Å²) in [7, 11) is 0. The number of amides is 1. The van der Waals surface area contributed by atoms with Gasteiger partial charge in [-0.3, -0.25) is 9.78 Å². The zero-order valence-corrected chi connectivity index (χ0v) is 17.7. The second-order valence-electron chi connectivity index (χ2n) is 8.27. The molecule has 0 N–H and O–H groups in total. The van der Waals surface area contributed by atoms with Gasteiger partial charge in [-0.2, -0.15) is 0 Å². The number of carbonyl (C=O) groups is 1. The second-order valence-corrected chi connectivity index (χ2v) is 9.69. The van der Waals surface area contributed by atoms with E-state index in [0.29, 0.717) is 17.6 Å². The molecule has 144 valence electrons. The molecule has 2 heterocycles. The van der Waals surface area contributed by atoms with Crippen LogP contribution in [0.15, 0.2) is 23.1 Å². The van der Waals surface area contributed by atoms with Crippen molar-refractivity contribution in [2.45, 2.75) is 50.8 Å². The molecule has 0 saturated carbocycles. The molecule has 2 aliphatic rings. The van der Waals surface area contributed by atoms with Crippen LogP contribution in [0, 0.1) is 11.8 Å². The summed E-state index contributed by atoms with van der Waals surface area (Å²) in [6.45, 7) is 6.28. The van der Waals surface area contributed by atoms with Crippen LogP contribution in [0.2, 0.25) is 5.02 Å². The van der Waals surface area contributed by atoms with Crippen molar-refractivity contribution in [3.05, 3.63) is 34.5 Å². The van der Waals surface area contributed by atoms with Crippen molar-refractivity contribution in [2.24, 2.45) is 11.8 Å². The highest BCUT2D eigenvalue weighted by molar-refractivity contribution is 8.00. The highest BCUT2D eigenvalue weighted by Gasteiger charge is 2.26. The van der Waals surface area contributed by atoms with Crippen LogP contribution in [-0.4, -0.2) is 34.6 Å². The molecule has 1 amide bonds. The maximum absolute atomic E-state index is 12.9. The topological polar surface area (TPSA) is 33.2 Å². The molecule has 0 radical (unpaired) electrons. The first-order valence-electron chi connectivity index (χ1n) is 10.0. The Balaban J connectivity index is 1.61. The first-order valence-corrected chi connectivity index (χ1v) is 11.4. The van der Waals surface area contributed by atoms with Gasteiger partial charge in [0, 0.05) is 34.1 Å². The number of thioether (sulfide) groups is 1. The van der Waals surface area contributed by atoms with E-state index in [4.69, 9.17) is 16.6 Å². The van der Waals surface area contributed by atoms with Crippen LogP contribution in [0.4, 0.5) is 0 Å². The number of likely N-dealkylation sites (tertiary alicyclic amines) is 1. The van der Waals surface area contributed by atoms with Crippen molar-refractivity contribution in [3.63, 3.8) is 0 Å². The quantitative estimate of drug-likeness (QED) is 0.647. The molecule has 0 spiro atoms. The lowest BCUT2D eigenvalue weighted by molar-refractivity contribution is -0.130. The van der Waals surface area contributed by atoms with Crippen molar-refractivity contribution in [1.82, 2.24) is 9.88 Å². The predicted molar refractivity (Wildman–Crippen MR) is 114 cm³/mol. The first kappa shape index (κ1) is 19.1. The van der Waals surface area contributed by atoms with E-state index < -0.39 is 0 Å². The van der Waals surface area contributed by atoms with Gasteiger partial charge in [-0.25, -0.2) is 0 Å². The molecule has 1 aliphatic heterocycles. The van der Waals surface area contributed by atoms with E-state index in [9.17, 15) is 4.79 Å². The van der Waals surface area contributed by atoms with Gasteiger partial charge in [0.25, 0.3) is 0 Å². The third-order valence-corrected chi connectivity index (χ3v) is 7.11. The first-order chi connectivity index (χ1) is 13.0. The number of piperidine rings is 1. The number of halogens is 1. The lowest BCUT2D eigenvalue weighted by Gasteiger charge is -2.35. The number of pyridine rings is 1. The standard InChI is InChI=1S/C22H27ClN2OS/c1-14-9-15(2)12-25(11-14)21(26)13-27-22-17-5-3-4-6-19(17)24-20-8-7-16(23)10-18(20)22/h7-8,10,14-15H,3-6,9,11-13H2,1-2H3. The summed E-state index contributed by atoms with van der Waals surface area (Å²) in [6, 6.07) is 5.92. The Labute approximate surface area is 170 Å². The Bertz CT molecular complexity index is 859. The molecule has 3 nitrogen and oxygen atoms in total. The van der Waals surface area contributed by atoms with Gasteiger partial charge in [-0.15, -0.1) is 11.8 Å². The summed E-state index contributed by atoms with van der Waals surface area (Å²) in [6.07, 6.45) is 5.71. The fourth-order valence-corrected chi connectivity index (χ4v) is 5.95. The minimum atomic E-state index is 0.259. The molecule has 0 bridgehead atoms. The van der Waals surface area contributed by atoms with Gasteiger partial charge in [0.2, 0.25) is 5.91 Å². The number of hydrogen-bond donors (Lipinski definition) is 0. The smallest absolute Gasteiger partial charge is 0.232 e. The molecule has 27 heavy (non-hydrogen) atoms. The SMILES string of the molecule is CC1CC(C)CN(C(=O)CSc2c3c(nc4ccc(Cl)cc24)CCCC3)C1. The van der Waals surface area contributed by atoms with Crippen LogP contribution in [0.1, 0.15) is 44.4 Å². The summed E-state index contributed by atoms with van der Waals surface area (Å²) in [4.78, 5) is 21.1. The van der Waals surface area contributed by atoms with E-state index in [1.807, 2.05) is 18.2 Å². The largest absolute Gasteiger partial charge is 0.341 e. The van der Waals surface area contributed by atoms with Gasteiger partial charge in [0.05, 0.1) is 11.3 Å². The molecule has 1 aromatic carbocycles. The third-order valence-electron chi connectivity index (χ3n) is 5.73. The number of nitrogens with zero attached hydrogens (tertiary/aromatic N) is 2. The van der Waals surface area contributed by atoms with E-state index in [1.165, 1.54) is 35.4 Å². The summed E-state index contributed by atoms with van der Waals surface area (Å²) in [5.41, 5.74) is 3.55. The van der Waals surface area contributed by atoms with Crippen LogP contribution in [0.3, 0.4) is 0 Å². The molecular weight excluding hydrogens is 376 g/mol. The van der Waals surface area contributed by atoms with Gasteiger partial charge in [-0.1, -0.05) is 25.4 Å². The Kier molecular flexibility index (Phi) is 5.65. The zero-order chi connectivity index (χ0) is 19.0. The van der Waals surface area contributed by atoms with E-state index in [2.05, 4.69) is 18.7 Å². The number of carbonyl (C=O) groups excluding carboxylic acids is 1. The number of aryl methyl sites for hydroxylation is 1. The Morgan fingerprint density at radius 1 is 1.22 bits per heavy atom. The molecule has 1 saturated heterocycles. The average molecular weight is 403 g/mol. The molecule has 2 aromatic rings. The maximum Gasteiger partial charge on any atom is 0.232 e. The van der Waals surface area contributed by atoms with Gasteiger partial charge >= 0.3 is 0 Å². The molecular formula is C22H27ClN2OS. The van der Waals surface area contributed by atoms with Crippen LogP contribution in [0.5, 0.6) is 0 Å². The number of hydrogen-bond acceptors (Lipinski definition) is 3. The summed E-state index contributed by atoms with van der Waals surface area (Å²) >= 11 is 7.97. The van der Waals surface area contributed by atoms with E-state index >= 15 is 0 Å². The van der Waals surface area contributed by atoms with Crippen molar-refractivity contribution < 1.29 is 4.79 Å². The summed E-state index contributed by atoms with van der Waals surface area (Å²) < 4.78 is 0. The van der Waals surface area contributed by atoms with E-state index in [0.717, 1.165) is 41.9 Å². The van der Waals surface area contributed by atoms with Crippen molar-refractivity contribution in [2.75, 3.05) is 18.8 Å². The number of fused-ring (bicyclic) bond motifs is 2. The minimum absolute atomic E-state index is 0.259. The molecule has 2 atom stereocenters. The molecule has 4 rings (SSSR count). The lowest BCUT2D eigenvalue weighted by atomic mass is 9.92. The average Bonchev–Trinajstić information content (AvgIpc) is 2.64. The third kappa shape index (κ3) is 4.12. The Morgan fingerprint density at radius 3 is 2.74 bits per heavy atom. The zero-order valence-electron chi connectivity index (χ0n) is 16.1. The summed E-state index contributed by atoms with van der Waals surface area (Å²) in [5, 5.41) is 1.83. The summed E-state index contributed by atoms with van der Waals surface area (Å²) in [5.74, 6) is 1.94. The Hall–Kier alpha value is -1.26. The van der Waals surface area contributed by atoms with E-state index in [1.54, 1.807) is 11.8 Å². The molecule has 1 aliphatic carbocycles. The fourth-order valence-electron chi connectivity index (χ4n) is 4.61. The number of rotatable bonds is 3. The number of aromatic nitrogens is 1. The van der Waals surface area contributed by atoms with Crippen molar-refractivity contribution in [1.29, 1.82) is 0 Å². The normalized spacial score (nSPS) is 22.7. The van der Waals surface area contributed by atoms with Crippen molar-refractivity contribution in [3.8, 4) is 0 Å². The number of benzene rings is 1. The minimum Gasteiger partial charge on any atom is -0.341 e. The molecule has 2 unspecified atom stereocenters. The van der Waals surface area contributed by atoms with Gasteiger partial charge in [0.1, 0.15) is 0 Å². The van der Waals surface area contributed by atoms with Crippen LogP contribution in [-0.2, 0) is 17.6 Å². The van der Waals surface area contributed by atoms with Crippen molar-refractivity contribution >= 4 is 40.2 Å². The van der Waals surface area contributed by atoms with Crippen LogP contribution >= 0.6 is 23.4 Å². The highest BCUT2D eigenvalue weighted by Crippen LogP contribution is 2.37. The molecule has 1 fully saturated rings. The van der Waals surface area contributed by atoms with E-state index in [-0.39, 0.29) is 5.91 Å². The molecule has 1 aromatic heterocycles. The van der Waals surface area contributed by atoms with Gasteiger partial charge in [-0.05, 0) is 67.7 Å². The monoisotopic (exact) mass is 402 g/mol. The maximum atomic E-state index is 12.9. The fraction of sp³-hybridized carbons (Fsp3) is 0.545. The lowest BCUT2D eigenvalue weighted by Crippen LogP contribution is -2.43. The van der Waals surface area contributed by atoms with Gasteiger partial charge < -0.3 is 4.90 Å². The molecule has 5 heteroatoms. The highest BCUT2D eigenvalue weighted by atomic mass is 35.5. The van der Waals surface area contributed by atoms with Crippen LogP contribution in [0.25, 0.3) is 10.9 Å². The second kappa shape index (κ2) is 8.00. The Morgan fingerprint density at radius 2 is 1.96 bits per heavy atom. The van der Waals surface area contributed by atoms with Gasteiger partial charge in [0.15, 0.2) is 0 Å². The van der Waals surface area contributed by atoms with Crippen LogP contribution < -0.4 is 0 Å².